The Hall–Kier alpha value is -3.29. The molecule has 0 fully saturated rings. The summed E-state index contributed by atoms with van der Waals surface area (Å²) in [7, 11) is 0. The minimum atomic E-state index is -0.322. The molecule has 0 saturated heterocycles. The van der Waals surface area contributed by atoms with E-state index < -0.39 is 0 Å². The number of hydrogen-bond donors (Lipinski definition) is 1. The number of aromatic nitrogens is 4. The first kappa shape index (κ1) is 17.5. The molecule has 26 heavy (non-hydrogen) atoms. The number of amides is 1. The zero-order valence-corrected chi connectivity index (χ0v) is 14.2. The van der Waals surface area contributed by atoms with Gasteiger partial charge in [0.1, 0.15) is 17.5 Å². The van der Waals surface area contributed by atoms with Gasteiger partial charge in [-0.1, -0.05) is 18.2 Å². The highest BCUT2D eigenvalue weighted by atomic mass is 19.1. The third kappa shape index (κ3) is 3.85. The summed E-state index contributed by atoms with van der Waals surface area (Å²) < 4.78 is 16.0. The van der Waals surface area contributed by atoms with Crippen LogP contribution < -0.4 is 10.9 Å². The predicted octanol–water partition coefficient (Wildman–Crippen LogP) is 1.47. The Balaban J connectivity index is 1.77. The van der Waals surface area contributed by atoms with Gasteiger partial charge in [-0.2, -0.15) is 5.10 Å². The summed E-state index contributed by atoms with van der Waals surface area (Å²) in [6, 6.07) is 5.96. The fourth-order valence-electron chi connectivity index (χ4n) is 2.56. The highest BCUT2D eigenvalue weighted by Crippen LogP contribution is 2.08. The van der Waals surface area contributed by atoms with Gasteiger partial charge in [0.15, 0.2) is 5.65 Å². The van der Waals surface area contributed by atoms with Crippen molar-refractivity contribution < 1.29 is 9.18 Å². The van der Waals surface area contributed by atoms with Gasteiger partial charge in [-0.25, -0.2) is 14.1 Å². The maximum atomic E-state index is 13.0. The Kier molecular flexibility index (Phi) is 5.21. The average Bonchev–Trinajstić information content (AvgIpc) is 3.03. The van der Waals surface area contributed by atoms with Crippen molar-refractivity contribution in [3.05, 3.63) is 70.7 Å². The second-order valence-corrected chi connectivity index (χ2v) is 5.70. The number of allylic oxidation sites excluding steroid dienone is 1. The minimum absolute atomic E-state index is 0.182. The van der Waals surface area contributed by atoms with E-state index in [9.17, 15) is 14.0 Å². The Morgan fingerprint density at radius 3 is 2.81 bits per heavy atom. The van der Waals surface area contributed by atoms with Crippen LogP contribution in [0.15, 0.2) is 53.7 Å². The summed E-state index contributed by atoms with van der Waals surface area (Å²) in [6.07, 6.45) is 6.02. The van der Waals surface area contributed by atoms with Crippen LogP contribution in [-0.4, -0.2) is 31.8 Å². The van der Waals surface area contributed by atoms with Gasteiger partial charge in [0.05, 0.1) is 19.3 Å². The van der Waals surface area contributed by atoms with Gasteiger partial charge in [0.2, 0.25) is 5.91 Å². The first-order valence-corrected chi connectivity index (χ1v) is 8.14. The maximum absolute atomic E-state index is 13.0. The van der Waals surface area contributed by atoms with Crippen LogP contribution in [0.25, 0.3) is 11.0 Å². The van der Waals surface area contributed by atoms with Crippen LogP contribution in [0.1, 0.15) is 12.5 Å². The van der Waals surface area contributed by atoms with Crippen LogP contribution in [0.4, 0.5) is 4.39 Å². The first-order valence-electron chi connectivity index (χ1n) is 8.14. The van der Waals surface area contributed by atoms with Gasteiger partial charge in [-0.15, -0.1) is 0 Å². The molecule has 1 N–H and O–H groups in total. The molecule has 0 aliphatic rings. The molecule has 1 aromatic carbocycles. The third-order valence-corrected chi connectivity index (χ3v) is 3.83. The number of halogens is 1. The molecule has 3 rings (SSSR count). The number of benzene rings is 1. The van der Waals surface area contributed by atoms with Crippen LogP contribution >= 0.6 is 0 Å². The Labute approximate surface area is 148 Å². The quantitative estimate of drug-likeness (QED) is 0.679. The lowest BCUT2D eigenvalue weighted by atomic mass is 10.2. The number of carbonyl (C=O) groups is 1. The first-order chi connectivity index (χ1) is 12.6. The maximum Gasteiger partial charge on any atom is 0.264 e. The van der Waals surface area contributed by atoms with E-state index >= 15 is 0 Å². The molecule has 134 valence electrons. The zero-order chi connectivity index (χ0) is 18.5. The lowest BCUT2D eigenvalue weighted by Crippen LogP contribution is -2.26. The third-order valence-electron chi connectivity index (χ3n) is 3.83. The Bertz CT molecular complexity index is 1000. The molecule has 2 aromatic heterocycles. The molecular weight excluding hydrogens is 337 g/mol. The molecule has 7 nitrogen and oxygen atoms in total. The van der Waals surface area contributed by atoms with E-state index in [1.165, 1.54) is 35.3 Å². The SMILES string of the molecule is C/C=C\C(=O)NCCn1ncc2c(=O)n(Cc3ccc(F)cc3)cnc21. The monoisotopic (exact) mass is 355 g/mol. The van der Waals surface area contributed by atoms with Gasteiger partial charge in [0.25, 0.3) is 5.56 Å². The van der Waals surface area contributed by atoms with E-state index in [1.54, 1.807) is 29.8 Å². The second kappa shape index (κ2) is 7.73. The van der Waals surface area contributed by atoms with E-state index in [0.717, 1.165) is 5.56 Å². The summed E-state index contributed by atoms with van der Waals surface area (Å²) in [4.78, 5) is 28.3. The van der Waals surface area contributed by atoms with Crippen molar-refractivity contribution in [3.8, 4) is 0 Å². The summed E-state index contributed by atoms with van der Waals surface area (Å²) in [5, 5.41) is 7.30. The molecule has 8 heteroatoms. The Morgan fingerprint density at radius 1 is 1.31 bits per heavy atom. The van der Waals surface area contributed by atoms with Crippen LogP contribution in [0, 0.1) is 5.82 Å². The van der Waals surface area contributed by atoms with E-state index in [4.69, 9.17) is 0 Å². The van der Waals surface area contributed by atoms with Gasteiger partial charge >= 0.3 is 0 Å². The number of carbonyl (C=O) groups excluding carboxylic acids is 1. The average molecular weight is 355 g/mol. The number of rotatable bonds is 6. The molecular formula is C18H18FN5O2. The lowest BCUT2D eigenvalue weighted by Gasteiger charge is -2.07. The largest absolute Gasteiger partial charge is 0.351 e. The highest BCUT2D eigenvalue weighted by Gasteiger charge is 2.10. The molecule has 2 heterocycles. The van der Waals surface area contributed by atoms with Gasteiger partial charge in [-0.3, -0.25) is 14.2 Å². The second-order valence-electron chi connectivity index (χ2n) is 5.70. The van der Waals surface area contributed by atoms with Crippen LogP contribution in [0.3, 0.4) is 0 Å². The molecule has 0 aliphatic carbocycles. The molecule has 3 aromatic rings. The number of nitrogens with zero attached hydrogens (tertiary/aromatic N) is 4. The van der Waals surface area contributed by atoms with Gasteiger partial charge in [0, 0.05) is 6.54 Å². The fraction of sp³-hybridized carbons (Fsp3) is 0.222. The molecule has 1 amide bonds. The van der Waals surface area contributed by atoms with Crippen molar-refractivity contribution in [3.63, 3.8) is 0 Å². The van der Waals surface area contributed by atoms with Crippen molar-refractivity contribution in [1.29, 1.82) is 0 Å². The molecule has 0 saturated carbocycles. The van der Waals surface area contributed by atoms with Crippen LogP contribution in [0.5, 0.6) is 0 Å². The standard InChI is InChI=1S/C18H18FN5O2/c1-2-3-16(25)20-8-9-24-17-15(10-22-24)18(26)23(12-21-17)11-13-4-6-14(19)7-5-13/h2-7,10,12H,8-9,11H2,1H3,(H,20,25)/b3-2-. The van der Waals surface area contributed by atoms with Gasteiger partial charge < -0.3 is 5.32 Å². The van der Waals surface area contributed by atoms with Crippen molar-refractivity contribution in [2.45, 2.75) is 20.0 Å². The van der Waals surface area contributed by atoms with Crippen LogP contribution in [-0.2, 0) is 17.9 Å². The number of fused-ring (bicyclic) bond motifs is 1. The van der Waals surface area contributed by atoms with Crippen LogP contribution in [0.2, 0.25) is 0 Å². The van der Waals surface area contributed by atoms with E-state index in [2.05, 4.69) is 15.4 Å². The topological polar surface area (TPSA) is 81.8 Å². The number of hydrogen-bond acceptors (Lipinski definition) is 4. The van der Waals surface area contributed by atoms with Crippen molar-refractivity contribution in [2.24, 2.45) is 0 Å². The van der Waals surface area contributed by atoms with Gasteiger partial charge in [-0.05, 0) is 30.7 Å². The molecule has 0 spiro atoms. The highest BCUT2D eigenvalue weighted by molar-refractivity contribution is 5.87. The smallest absolute Gasteiger partial charge is 0.264 e. The lowest BCUT2D eigenvalue weighted by molar-refractivity contribution is -0.116. The summed E-state index contributed by atoms with van der Waals surface area (Å²) >= 11 is 0. The molecule has 0 bridgehead atoms. The predicted molar refractivity (Wildman–Crippen MR) is 95.1 cm³/mol. The van der Waals surface area contributed by atoms with Crippen molar-refractivity contribution in [1.82, 2.24) is 24.6 Å². The van der Waals surface area contributed by atoms with E-state index in [0.29, 0.717) is 30.7 Å². The summed E-state index contributed by atoms with van der Waals surface area (Å²) in [5.74, 6) is -0.504. The Morgan fingerprint density at radius 2 is 2.08 bits per heavy atom. The van der Waals surface area contributed by atoms with E-state index in [1.807, 2.05) is 0 Å². The fourth-order valence-corrected chi connectivity index (χ4v) is 2.56. The summed E-state index contributed by atoms with van der Waals surface area (Å²) in [5.41, 5.74) is 1.04. The minimum Gasteiger partial charge on any atom is -0.351 e. The van der Waals surface area contributed by atoms with Crippen molar-refractivity contribution in [2.75, 3.05) is 6.54 Å². The van der Waals surface area contributed by atoms with Crippen molar-refractivity contribution >= 4 is 16.9 Å². The molecule has 0 aliphatic heterocycles. The zero-order valence-electron chi connectivity index (χ0n) is 14.2. The molecule has 0 unspecified atom stereocenters. The number of nitrogens with one attached hydrogen (secondary N) is 1. The normalized spacial score (nSPS) is 11.3. The van der Waals surface area contributed by atoms with E-state index in [-0.39, 0.29) is 17.3 Å². The summed E-state index contributed by atoms with van der Waals surface area (Å²) in [6.45, 7) is 2.84. The molecule has 0 radical (unpaired) electrons. The molecule has 0 atom stereocenters.